The Labute approximate surface area is 106 Å². The molecule has 0 spiro atoms. The lowest BCUT2D eigenvalue weighted by atomic mass is 10.1. The minimum atomic E-state index is -0.985. The van der Waals surface area contributed by atoms with E-state index < -0.39 is 5.97 Å². The van der Waals surface area contributed by atoms with E-state index in [2.05, 4.69) is 21.9 Å². The average molecular weight is 250 g/mol. The first-order valence-electron chi connectivity index (χ1n) is 6.01. The fraction of sp³-hybridized carbons (Fsp3) is 0.583. The van der Waals surface area contributed by atoms with Gasteiger partial charge in [-0.15, -0.1) is 0 Å². The monoisotopic (exact) mass is 250 g/mol. The second kappa shape index (κ2) is 5.30. The highest BCUT2D eigenvalue weighted by molar-refractivity contribution is 5.92. The van der Waals surface area contributed by atoms with Crippen molar-refractivity contribution in [3.8, 4) is 0 Å². The number of rotatable bonds is 4. The molecule has 1 aliphatic heterocycles. The zero-order valence-electron chi connectivity index (χ0n) is 10.7. The second-order valence-electron chi connectivity index (χ2n) is 4.86. The van der Waals surface area contributed by atoms with E-state index in [0.717, 1.165) is 26.1 Å². The van der Waals surface area contributed by atoms with Gasteiger partial charge in [0.1, 0.15) is 17.7 Å². The first kappa shape index (κ1) is 12.8. The largest absolute Gasteiger partial charge is 0.477 e. The van der Waals surface area contributed by atoms with Crippen molar-refractivity contribution in [1.29, 1.82) is 0 Å². The fourth-order valence-corrected chi connectivity index (χ4v) is 2.43. The highest BCUT2D eigenvalue weighted by Crippen LogP contribution is 2.20. The molecule has 1 fully saturated rings. The third-order valence-corrected chi connectivity index (χ3v) is 3.30. The number of carboxylic acids is 1. The fourth-order valence-electron chi connectivity index (χ4n) is 2.43. The Morgan fingerprint density at radius 2 is 2.44 bits per heavy atom. The molecule has 18 heavy (non-hydrogen) atoms. The number of hydrogen-bond donors (Lipinski definition) is 1. The Bertz CT molecular complexity index is 438. The van der Waals surface area contributed by atoms with E-state index in [4.69, 9.17) is 5.11 Å². The summed E-state index contributed by atoms with van der Waals surface area (Å²) < 4.78 is 0. The first-order valence-corrected chi connectivity index (χ1v) is 6.01. The minimum absolute atomic E-state index is 0.159. The van der Waals surface area contributed by atoms with Gasteiger partial charge in [-0.25, -0.2) is 14.8 Å². The molecule has 0 aliphatic carbocycles. The maximum absolute atomic E-state index is 11.1. The normalized spacial score (nSPS) is 20.0. The van der Waals surface area contributed by atoms with Gasteiger partial charge in [0.2, 0.25) is 0 Å². The first-order chi connectivity index (χ1) is 8.58. The van der Waals surface area contributed by atoms with Crippen LogP contribution in [-0.2, 0) is 0 Å². The molecule has 1 aromatic heterocycles. The molecular formula is C12H18N4O2. The van der Waals surface area contributed by atoms with Crippen molar-refractivity contribution in [1.82, 2.24) is 14.9 Å². The Morgan fingerprint density at radius 1 is 1.67 bits per heavy atom. The summed E-state index contributed by atoms with van der Waals surface area (Å²) in [5.74, 6) is 0.0738. The molecule has 0 amide bonds. The predicted molar refractivity (Wildman–Crippen MR) is 67.9 cm³/mol. The van der Waals surface area contributed by atoms with Gasteiger partial charge >= 0.3 is 5.97 Å². The average Bonchev–Trinajstić information content (AvgIpc) is 2.74. The molecule has 2 heterocycles. The zero-order chi connectivity index (χ0) is 13.1. The number of carboxylic acid groups (broad SMARTS) is 1. The maximum Gasteiger partial charge on any atom is 0.341 e. The van der Waals surface area contributed by atoms with Crippen LogP contribution in [0.4, 0.5) is 5.82 Å². The van der Waals surface area contributed by atoms with Gasteiger partial charge in [0.05, 0.1) is 0 Å². The van der Waals surface area contributed by atoms with E-state index in [1.54, 1.807) is 0 Å². The summed E-state index contributed by atoms with van der Waals surface area (Å²) in [4.78, 5) is 23.1. The van der Waals surface area contributed by atoms with Crippen LogP contribution in [0, 0.1) is 5.92 Å². The summed E-state index contributed by atoms with van der Waals surface area (Å²) in [5, 5.41) is 9.10. The molecule has 0 radical (unpaired) electrons. The third-order valence-electron chi connectivity index (χ3n) is 3.30. The molecule has 6 heteroatoms. The van der Waals surface area contributed by atoms with Crippen molar-refractivity contribution in [2.75, 3.05) is 38.6 Å². The number of anilines is 1. The Kier molecular flexibility index (Phi) is 3.76. The topological polar surface area (TPSA) is 69.6 Å². The molecule has 1 unspecified atom stereocenters. The maximum atomic E-state index is 11.1. The summed E-state index contributed by atoms with van der Waals surface area (Å²) in [6.45, 7) is 2.98. The van der Waals surface area contributed by atoms with E-state index in [0.29, 0.717) is 11.7 Å². The quantitative estimate of drug-likeness (QED) is 0.842. The van der Waals surface area contributed by atoms with Crippen molar-refractivity contribution in [2.45, 2.75) is 6.42 Å². The summed E-state index contributed by atoms with van der Waals surface area (Å²) in [5.41, 5.74) is 0.159. The molecule has 98 valence electrons. The van der Waals surface area contributed by atoms with Crippen molar-refractivity contribution in [2.24, 2.45) is 5.92 Å². The van der Waals surface area contributed by atoms with E-state index in [9.17, 15) is 4.79 Å². The van der Waals surface area contributed by atoms with E-state index >= 15 is 0 Å². The second-order valence-corrected chi connectivity index (χ2v) is 4.86. The van der Waals surface area contributed by atoms with Crippen LogP contribution >= 0.6 is 0 Å². The predicted octanol–water partition coefficient (Wildman–Crippen LogP) is 0.563. The lowest BCUT2D eigenvalue weighted by Gasteiger charge is -2.23. The number of aromatic carboxylic acids is 1. The summed E-state index contributed by atoms with van der Waals surface area (Å²) in [7, 11) is 3.99. The molecule has 1 atom stereocenters. The van der Waals surface area contributed by atoms with Gasteiger partial charge in [0, 0.05) is 26.3 Å². The molecule has 6 nitrogen and oxygen atoms in total. The van der Waals surface area contributed by atoms with Crippen molar-refractivity contribution in [3.05, 3.63) is 18.1 Å². The number of likely N-dealkylation sites (tertiary alicyclic amines) is 1. The molecule has 0 bridgehead atoms. The van der Waals surface area contributed by atoms with Crippen LogP contribution in [0.25, 0.3) is 0 Å². The number of aromatic nitrogens is 2. The number of hydrogen-bond acceptors (Lipinski definition) is 5. The molecule has 1 N–H and O–H groups in total. The van der Waals surface area contributed by atoms with Crippen LogP contribution < -0.4 is 4.90 Å². The molecule has 2 rings (SSSR count). The Morgan fingerprint density at radius 3 is 3.06 bits per heavy atom. The molecular weight excluding hydrogens is 232 g/mol. The van der Waals surface area contributed by atoms with Crippen molar-refractivity contribution < 1.29 is 9.90 Å². The molecule has 0 aromatic carbocycles. The standard InChI is InChI=1S/C12H18N4O2/c1-15-4-3-9(6-15)7-16(2)11-10(12(17)18)5-13-8-14-11/h5,8-9H,3-4,6-7H2,1-2H3,(H,17,18). The lowest BCUT2D eigenvalue weighted by Crippen LogP contribution is -2.29. The van der Waals surface area contributed by atoms with Crippen LogP contribution in [0.5, 0.6) is 0 Å². The van der Waals surface area contributed by atoms with Crippen molar-refractivity contribution in [3.63, 3.8) is 0 Å². The van der Waals surface area contributed by atoms with Gasteiger partial charge in [-0.2, -0.15) is 0 Å². The highest BCUT2D eigenvalue weighted by atomic mass is 16.4. The lowest BCUT2D eigenvalue weighted by molar-refractivity contribution is 0.0696. The van der Waals surface area contributed by atoms with Crippen LogP contribution in [-0.4, -0.2) is 59.7 Å². The molecule has 1 aromatic rings. The van der Waals surface area contributed by atoms with Gasteiger partial charge in [-0.1, -0.05) is 0 Å². The zero-order valence-corrected chi connectivity index (χ0v) is 10.7. The summed E-state index contributed by atoms with van der Waals surface area (Å²) >= 11 is 0. The van der Waals surface area contributed by atoms with E-state index in [-0.39, 0.29) is 5.56 Å². The van der Waals surface area contributed by atoms with Crippen molar-refractivity contribution >= 4 is 11.8 Å². The molecule has 1 aliphatic rings. The molecule has 1 saturated heterocycles. The number of carbonyl (C=O) groups is 1. The van der Waals surface area contributed by atoms with Crippen LogP contribution in [0.2, 0.25) is 0 Å². The summed E-state index contributed by atoms with van der Waals surface area (Å²) in [6, 6.07) is 0. The van der Waals surface area contributed by atoms with E-state index in [1.807, 2.05) is 11.9 Å². The van der Waals surface area contributed by atoms with Gasteiger partial charge in [-0.05, 0) is 25.9 Å². The smallest absolute Gasteiger partial charge is 0.341 e. The number of nitrogens with zero attached hydrogens (tertiary/aromatic N) is 4. The van der Waals surface area contributed by atoms with Crippen LogP contribution in [0.1, 0.15) is 16.8 Å². The van der Waals surface area contributed by atoms with Gasteiger partial charge in [0.15, 0.2) is 0 Å². The summed E-state index contributed by atoms with van der Waals surface area (Å²) in [6.07, 6.45) is 3.88. The van der Waals surface area contributed by atoms with Crippen LogP contribution in [0.3, 0.4) is 0 Å². The van der Waals surface area contributed by atoms with Gasteiger partial charge in [-0.3, -0.25) is 0 Å². The Hall–Kier alpha value is -1.69. The van der Waals surface area contributed by atoms with E-state index in [1.165, 1.54) is 12.5 Å². The molecule has 0 saturated carbocycles. The minimum Gasteiger partial charge on any atom is -0.477 e. The van der Waals surface area contributed by atoms with Crippen LogP contribution in [0.15, 0.2) is 12.5 Å². The Balaban J connectivity index is 2.09. The third kappa shape index (κ3) is 2.76. The SMILES string of the molecule is CN1CCC(CN(C)c2ncncc2C(=O)O)C1. The van der Waals surface area contributed by atoms with Gasteiger partial charge < -0.3 is 14.9 Å². The highest BCUT2D eigenvalue weighted by Gasteiger charge is 2.23. The van der Waals surface area contributed by atoms with Gasteiger partial charge in [0.25, 0.3) is 0 Å².